The van der Waals surface area contributed by atoms with Crippen molar-refractivity contribution in [1.29, 1.82) is 0 Å². The molecule has 0 saturated carbocycles. The number of hydrogen-bond donors (Lipinski definition) is 2. The highest BCUT2D eigenvalue weighted by atomic mass is 16.3. The number of allylic oxidation sites excluding steroid dienone is 6. The maximum atomic E-state index is 11.8. The van der Waals surface area contributed by atoms with Crippen molar-refractivity contribution in [2.24, 2.45) is 0 Å². The SMILES string of the molecule is C=C/C=C\C(=C/C)NC(=O)C(/C=C\C)=C(/C)O. The van der Waals surface area contributed by atoms with Crippen LogP contribution in [0.5, 0.6) is 0 Å². The van der Waals surface area contributed by atoms with Crippen LogP contribution in [0.25, 0.3) is 0 Å². The van der Waals surface area contributed by atoms with Crippen molar-refractivity contribution in [2.75, 3.05) is 0 Å². The van der Waals surface area contributed by atoms with Crippen LogP contribution < -0.4 is 5.32 Å². The summed E-state index contributed by atoms with van der Waals surface area (Å²) in [6.07, 6.45) is 10.1. The van der Waals surface area contributed by atoms with E-state index in [-0.39, 0.29) is 17.2 Å². The van der Waals surface area contributed by atoms with Gasteiger partial charge in [0.05, 0.1) is 5.57 Å². The third-order valence-corrected chi connectivity index (χ3v) is 1.95. The van der Waals surface area contributed by atoms with E-state index >= 15 is 0 Å². The van der Waals surface area contributed by atoms with Crippen LogP contribution in [-0.4, -0.2) is 11.0 Å². The summed E-state index contributed by atoms with van der Waals surface area (Å²) in [5.74, 6) is -0.353. The molecule has 3 nitrogen and oxygen atoms in total. The van der Waals surface area contributed by atoms with Crippen molar-refractivity contribution in [3.8, 4) is 0 Å². The van der Waals surface area contributed by atoms with E-state index < -0.39 is 0 Å². The first-order valence-corrected chi connectivity index (χ1v) is 5.36. The van der Waals surface area contributed by atoms with Gasteiger partial charge in [-0.25, -0.2) is 0 Å². The van der Waals surface area contributed by atoms with Gasteiger partial charge in [-0.15, -0.1) is 0 Å². The predicted octanol–water partition coefficient (Wildman–Crippen LogP) is 3.16. The van der Waals surface area contributed by atoms with Crippen LogP contribution in [0.4, 0.5) is 0 Å². The Hall–Kier alpha value is -2.03. The van der Waals surface area contributed by atoms with E-state index in [9.17, 15) is 9.90 Å². The quantitative estimate of drug-likeness (QED) is 0.435. The number of hydrogen-bond acceptors (Lipinski definition) is 2. The lowest BCUT2D eigenvalue weighted by atomic mass is 10.2. The van der Waals surface area contributed by atoms with Crippen LogP contribution in [0.2, 0.25) is 0 Å². The molecule has 3 heteroatoms. The van der Waals surface area contributed by atoms with Crippen molar-refractivity contribution in [3.63, 3.8) is 0 Å². The molecule has 2 N–H and O–H groups in total. The second-order valence-electron chi connectivity index (χ2n) is 3.29. The highest BCUT2D eigenvalue weighted by Crippen LogP contribution is 2.05. The van der Waals surface area contributed by atoms with Crippen molar-refractivity contribution < 1.29 is 9.90 Å². The number of nitrogens with one attached hydrogen (secondary N) is 1. The minimum atomic E-state index is -0.343. The average Bonchev–Trinajstić information content (AvgIpc) is 2.30. The lowest BCUT2D eigenvalue weighted by Gasteiger charge is -2.07. The first-order chi connectivity index (χ1) is 8.06. The molecule has 17 heavy (non-hydrogen) atoms. The van der Waals surface area contributed by atoms with Crippen LogP contribution in [0.3, 0.4) is 0 Å². The molecule has 0 radical (unpaired) electrons. The number of aliphatic hydroxyl groups excluding tert-OH is 1. The summed E-state index contributed by atoms with van der Waals surface area (Å²) >= 11 is 0. The summed E-state index contributed by atoms with van der Waals surface area (Å²) in [6.45, 7) is 8.62. The molecule has 92 valence electrons. The lowest BCUT2D eigenvalue weighted by Crippen LogP contribution is -2.23. The standard InChI is InChI=1S/C14H19NO2/c1-5-8-10-12(7-3)15-14(17)13(9-6-2)11(4)16/h5-10,16H,1H2,2-4H3,(H,15,17)/b9-6-,10-8-,12-7+,13-11-. The molecule has 0 aromatic rings. The molecular weight excluding hydrogens is 214 g/mol. The van der Waals surface area contributed by atoms with Crippen LogP contribution in [0.1, 0.15) is 20.8 Å². The van der Waals surface area contributed by atoms with Crippen LogP contribution in [0.15, 0.2) is 60.1 Å². The zero-order valence-electron chi connectivity index (χ0n) is 10.5. The fourth-order valence-electron chi connectivity index (χ4n) is 1.11. The van der Waals surface area contributed by atoms with Crippen molar-refractivity contribution >= 4 is 5.91 Å². The van der Waals surface area contributed by atoms with Gasteiger partial charge in [0.1, 0.15) is 5.76 Å². The van der Waals surface area contributed by atoms with Gasteiger partial charge >= 0.3 is 0 Å². The van der Waals surface area contributed by atoms with E-state index in [2.05, 4.69) is 11.9 Å². The Morgan fingerprint density at radius 1 is 1.29 bits per heavy atom. The molecule has 0 aromatic carbocycles. The summed E-state index contributed by atoms with van der Waals surface area (Å²) in [5, 5.41) is 12.1. The van der Waals surface area contributed by atoms with E-state index in [1.54, 1.807) is 43.4 Å². The first kappa shape index (κ1) is 15.0. The average molecular weight is 233 g/mol. The molecule has 0 heterocycles. The summed E-state index contributed by atoms with van der Waals surface area (Å²) in [6, 6.07) is 0. The number of aliphatic hydroxyl groups is 1. The van der Waals surface area contributed by atoms with E-state index in [1.807, 2.05) is 6.92 Å². The van der Waals surface area contributed by atoms with Crippen LogP contribution >= 0.6 is 0 Å². The van der Waals surface area contributed by atoms with Gasteiger partial charge in [-0.3, -0.25) is 4.79 Å². The van der Waals surface area contributed by atoms with Gasteiger partial charge in [-0.2, -0.15) is 0 Å². The molecule has 0 atom stereocenters. The Morgan fingerprint density at radius 2 is 1.94 bits per heavy atom. The topological polar surface area (TPSA) is 49.3 Å². The second kappa shape index (κ2) is 8.16. The van der Waals surface area contributed by atoms with Gasteiger partial charge in [0.2, 0.25) is 0 Å². The zero-order valence-corrected chi connectivity index (χ0v) is 10.5. The second-order valence-corrected chi connectivity index (χ2v) is 3.29. The molecule has 1 amide bonds. The van der Waals surface area contributed by atoms with Gasteiger partial charge < -0.3 is 10.4 Å². The van der Waals surface area contributed by atoms with E-state index in [0.717, 1.165) is 0 Å². The molecule has 0 aliphatic rings. The molecule has 0 spiro atoms. The van der Waals surface area contributed by atoms with Gasteiger partial charge in [0.25, 0.3) is 5.91 Å². The van der Waals surface area contributed by atoms with Gasteiger partial charge in [-0.05, 0) is 26.8 Å². The molecule has 0 bridgehead atoms. The molecule has 0 aliphatic carbocycles. The maximum Gasteiger partial charge on any atom is 0.259 e. The molecular formula is C14H19NO2. The third kappa shape index (κ3) is 5.56. The minimum absolute atomic E-state index is 0.0104. The Balaban J connectivity index is 4.90. The molecule has 0 aliphatic heterocycles. The fraction of sp³-hybridized carbons (Fsp3) is 0.214. The fourth-order valence-corrected chi connectivity index (χ4v) is 1.11. The Bertz CT molecular complexity index is 394. The zero-order chi connectivity index (χ0) is 13.3. The van der Waals surface area contributed by atoms with Crippen LogP contribution in [0, 0.1) is 0 Å². The third-order valence-electron chi connectivity index (χ3n) is 1.95. The number of rotatable bonds is 5. The number of amides is 1. The largest absolute Gasteiger partial charge is 0.512 e. The smallest absolute Gasteiger partial charge is 0.259 e. The monoisotopic (exact) mass is 233 g/mol. The maximum absolute atomic E-state index is 11.8. The molecule has 0 aromatic heterocycles. The lowest BCUT2D eigenvalue weighted by molar-refractivity contribution is -0.116. The van der Waals surface area contributed by atoms with E-state index in [0.29, 0.717) is 5.70 Å². The predicted molar refractivity (Wildman–Crippen MR) is 71.4 cm³/mol. The highest BCUT2D eigenvalue weighted by Gasteiger charge is 2.09. The van der Waals surface area contributed by atoms with Crippen molar-refractivity contribution in [3.05, 3.63) is 60.1 Å². The Kier molecular flexibility index (Phi) is 7.19. The van der Waals surface area contributed by atoms with Crippen molar-refractivity contribution in [2.45, 2.75) is 20.8 Å². The summed E-state index contributed by atoms with van der Waals surface area (Å²) in [7, 11) is 0. The van der Waals surface area contributed by atoms with Crippen LogP contribution in [-0.2, 0) is 4.79 Å². The Labute approximate surface area is 103 Å². The van der Waals surface area contributed by atoms with Gasteiger partial charge in [-0.1, -0.05) is 37.0 Å². The highest BCUT2D eigenvalue weighted by molar-refractivity contribution is 5.97. The van der Waals surface area contributed by atoms with E-state index in [1.165, 1.54) is 6.92 Å². The summed E-state index contributed by atoms with van der Waals surface area (Å²) < 4.78 is 0. The summed E-state index contributed by atoms with van der Waals surface area (Å²) in [5.41, 5.74) is 0.900. The molecule has 0 saturated heterocycles. The van der Waals surface area contributed by atoms with Gasteiger partial charge in [0.15, 0.2) is 0 Å². The van der Waals surface area contributed by atoms with E-state index in [4.69, 9.17) is 0 Å². The molecule has 0 fully saturated rings. The first-order valence-electron chi connectivity index (χ1n) is 5.36. The van der Waals surface area contributed by atoms with Gasteiger partial charge in [0, 0.05) is 5.70 Å². The van der Waals surface area contributed by atoms with Crippen molar-refractivity contribution in [1.82, 2.24) is 5.32 Å². The normalized spacial score (nSPS) is 13.9. The number of carbonyl (C=O) groups is 1. The molecule has 0 unspecified atom stereocenters. The molecule has 0 rings (SSSR count). The Morgan fingerprint density at radius 3 is 2.35 bits per heavy atom. The number of carbonyl (C=O) groups excluding carboxylic acids is 1. The minimum Gasteiger partial charge on any atom is -0.512 e. The summed E-state index contributed by atoms with van der Waals surface area (Å²) in [4.78, 5) is 11.8.